The lowest BCUT2D eigenvalue weighted by Gasteiger charge is -2.17. The summed E-state index contributed by atoms with van der Waals surface area (Å²) in [7, 11) is 0. The van der Waals surface area contributed by atoms with Gasteiger partial charge in [-0.25, -0.2) is 4.98 Å². The first kappa shape index (κ1) is 21.7. The maximum Gasteiger partial charge on any atom is 0.179 e. The highest BCUT2D eigenvalue weighted by Crippen LogP contribution is 2.45. The van der Waals surface area contributed by atoms with E-state index in [1.54, 1.807) is 23.1 Å². The van der Waals surface area contributed by atoms with Crippen molar-refractivity contribution in [3.8, 4) is 33.5 Å². The summed E-state index contributed by atoms with van der Waals surface area (Å²) in [5.74, 6) is 0. The van der Waals surface area contributed by atoms with Gasteiger partial charge in [-0.2, -0.15) is 0 Å². The number of hydrogen-bond donors (Lipinski definition) is 0. The SMILES string of the molecule is Cc1nnc(Sc2c(-c3ccc(-c4ccccc4)cc3)nc3ccccc3c2-c2ccccc2)s1. The van der Waals surface area contributed by atoms with E-state index >= 15 is 0 Å². The average molecular weight is 488 g/mol. The van der Waals surface area contributed by atoms with Gasteiger partial charge in [0.15, 0.2) is 4.34 Å². The molecule has 0 saturated carbocycles. The molecule has 0 spiro atoms. The van der Waals surface area contributed by atoms with Gasteiger partial charge in [0.2, 0.25) is 0 Å². The quantitative estimate of drug-likeness (QED) is 0.244. The Kier molecular flexibility index (Phi) is 5.86. The molecular formula is C30H21N3S2. The largest absolute Gasteiger partial charge is 0.247 e. The summed E-state index contributed by atoms with van der Waals surface area (Å²) < 4.78 is 0.916. The topological polar surface area (TPSA) is 38.7 Å². The van der Waals surface area contributed by atoms with Crippen molar-refractivity contribution >= 4 is 34.0 Å². The molecule has 35 heavy (non-hydrogen) atoms. The van der Waals surface area contributed by atoms with Crippen LogP contribution in [0.4, 0.5) is 0 Å². The molecular weight excluding hydrogens is 466 g/mol. The van der Waals surface area contributed by atoms with Crippen LogP contribution in [0.1, 0.15) is 5.01 Å². The van der Waals surface area contributed by atoms with Crippen molar-refractivity contribution in [2.45, 2.75) is 16.2 Å². The predicted molar refractivity (Wildman–Crippen MR) is 147 cm³/mol. The fourth-order valence-electron chi connectivity index (χ4n) is 4.24. The molecule has 0 saturated heterocycles. The van der Waals surface area contributed by atoms with Gasteiger partial charge >= 0.3 is 0 Å². The molecule has 0 radical (unpaired) electrons. The number of aryl methyl sites for hydroxylation is 1. The first-order chi connectivity index (χ1) is 17.3. The molecule has 5 heteroatoms. The van der Waals surface area contributed by atoms with E-state index in [4.69, 9.17) is 4.98 Å². The summed E-state index contributed by atoms with van der Waals surface area (Å²) in [5.41, 5.74) is 7.75. The molecule has 4 aromatic carbocycles. The summed E-state index contributed by atoms with van der Waals surface area (Å²) >= 11 is 3.26. The van der Waals surface area contributed by atoms with Crippen molar-refractivity contribution in [2.75, 3.05) is 0 Å². The van der Waals surface area contributed by atoms with E-state index in [9.17, 15) is 0 Å². The highest BCUT2D eigenvalue weighted by Gasteiger charge is 2.20. The Morgan fingerprint density at radius 1 is 0.600 bits per heavy atom. The van der Waals surface area contributed by atoms with Crippen molar-refractivity contribution in [1.29, 1.82) is 0 Å². The average Bonchev–Trinajstić information content (AvgIpc) is 3.34. The van der Waals surface area contributed by atoms with Crippen molar-refractivity contribution < 1.29 is 0 Å². The van der Waals surface area contributed by atoms with Crippen LogP contribution in [0.2, 0.25) is 0 Å². The van der Waals surface area contributed by atoms with Gasteiger partial charge in [0.05, 0.1) is 11.2 Å². The van der Waals surface area contributed by atoms with Crippen LogP contribution < -0.4 is 0 Å². The second kappa shape index (κ2) is 9.45. The third kappa shape index (κ3) is 4.36. The zero-order valence-corrected chi connectivity index (χ0v) is 20.7. The van der Waals surface area contributed by atoms with Crippen molar-refractivity contribution in [2.24, 2.45) is 0 Å². The van der Waals surface area contributed by atoms with Crippen molar-refractivity contribution in [3.63, 3.8) is 0 Å². The normalized spacial score (nSPS) is 11.1. The molecule has 6 aromatic rings. The van der Waals surface area contributed by atoms with Crippen molar-refractivity contribution in [3.05, 3.63) is 114 Å². The van der Waals surface area contributed by atoms with Gasteiger partial charge in [0.25, 0.3) is 0 Å². The van der Waals surface area contributed by atoms with Crippen LogP contribution in [0, 0.1) is 6.92 Å². The molecule has 6 rings (SSSR count). The minimum Gasteiger partial charge on any atom is -0.247 e. The highest BCUT2D eigenvalue weighted by atomic mass is 32.2. The zero-order valence-electron chi connectivity index (χ0n) is 19.1. The highest BCUT2D eigenvalue weighted by molar-refractivity contribution is 8.01. The van der Waals surface area contributed by atoms with E-state index in [1.165, 1.54) is 16.7 Å². The summed E-state index contributed by atoms with van der Waals surface area (Å²) in [4.78, 5) is 6.27. The van der Waals surface area contributed by atoms with Crippen LogP contribution in [0.15, 0.2) is 118 Å². The number of benzene rings is 4. The number of hydrogen-bond acceptors (Lipinski definition) is 5. The van der Waals surface area contributed by atoms with Gasteiger partial charge in [-0.1, -0.05) is 126 Å². The molecule has 0 aliphatic rings. The lowest BCUT2D eigenvalue weighted by Crippen LogP contribution is -1.95. The summed E-state index contributed by atoms with van der Waals surface area (Å²) in [6, 6.07) is 38.1. The molecule has 0 aliphatic carbocycles. The Morgan fingerprint density at radius 2 is 1.20 bits per heavy atom. The smallest absolute Gasteiger partial charge is 0.179 e. The van der Waals surface area contributed by atoms with Gasteiger partial charge in [0, 0.05) is 21.4 Å². The van der Waals surface area contributed by atoms with Crippen molar-refractivity contribution in [1.82, 2.24) is 15.2 Å². The third-order valence-corrected chi connectivity index (χ3v) is 7.86. The van der Waals surface area contributed by atoms with Crippen LogP contribution in [-0.2, 0) is 0 Å². The fraction of sp³-hybridized carbons (Fsp3) is 0.0333. The van der Waals surface area contributed by atoms with E-state index in [1.807, 2.05) is 19.1 Å². The second-order valence-electron chi connectivity index (χ2n) is 8.18. The first-order valence-corrected chi connectivity index (χ1v) is 13.0. The Balaban J connectivity index is 1.59. The zero-order chi connectivity index (χ0) is 23.6. The Labute approximate surface area is 212 Å². The Bertz CT molecular complexity index is 1610. The lowest BCUT2D eigenvalue weighted by atomic mass is 9.97. The van der Waals surface area contributed by atoms with Gasteiger partial charge < -0.3 is 0 Å². The molecule has 2 aromatic heterocycles. The van der Waals surface area contributed by atoms with Gasteiger partial charge in [-0.15, -0.1) is 10.2 Å². The predicted octanol–water partition coefficient (Wildman–Crippen LogP) is 8.55. The molecule has 0 atom stereocenters. The Hall–Kier alpha value is -3.80. The summed E-state index contributed by atoms with van der Waals surface area (Å²) in [6.07, 6.45) is 0. The Morgan fingerprint density at radius 3 is 1.89 bits per heavy atom. The standard InChI is InChI=1S/C30H21N3S2/c1-20-32-33-30(34-20)35-29-27(23-12-6-3-7-13-23)25-14-8-9-15-26(25)31-28(29)24-18-16-22(17-19-24)21-10-4-2-5-11-21/h2-19H,1H3. The molecule has 0 amide bonds. The van der Waals surface area contributed by atoms with Crippen LogP contribution >= 0.6 is 23.1 Å². The molecule has 0 aliphatic heterocycles. The van der Waals surface area contributed by atoms with E-state index in [2.05, 4.69) is 107 Å². The molecule has 0 unspecified atom stereocenters. The third-order valence-electron chi connectivity index (χ3n) is 5.87. The minimum absolute atomic E-state index is 0.916. The molecule has 168 valence electrons. The lowest BCUT2D eigenvalue weighted by molar-refractivity contribution is 0.984. The molecule has 3 nitrogen and oxygen atoms in total. The number of rotatable bonds is 5. The first-order valence-electron chi connectivity index (χ1n) is 11.4. The minimum atomic E-state index is 0.916. The number of fused-ring (bicyclic) bond motifs is 1. The number of pyridine rings is 1. The maximum absolute atomic E-state index is 5.17. The second-order valence-corrected chi connectivity index (χ2v) is 10.6. The molecule has 0 N–H and O–H groups in total. The maximum atomic E-state index is 5.17. The van der Waals surface area contributed by atoms with Gasteiger partial charge in [-0.05, 0) is 29.7 Å². The van der Waals surface area contributed by atoms with Crippen LogP contribution in [-0.4, -0.2) is 15.2 Å². The summed E-state index contributed by atoms with van der Waals surface area (Å²) in [5, 5.41) is 10.8. The molecule has 0 fully saturated rings. The van der Waals surface area contributed by atoms with E-state index in [0.717, 1.165) is 42.0 Å². The van der Waals surface area contributed by atoms with Crippen LogP contribution in [0.3, 0.4) is 0 Å². The number of para-hydroxylation sites is 1. The van der Waals surface area contributed by atoms with Gasteiger partial charge in [-0.3, -0.25) is 0 Å². The fourth-order valence-corrected chi connectivity index (χ4v) is 6.28. The van der Waals surface area contributed by atoms with Gasteiger partial charge in [0.1, 0.15) is 5.01 Å². The van der Waals surface area contributed by atoms with E-state index < -0.39 is 0 Å². The van der Waals surface area contributed by atoms with Crippen LogP contribution in [0.5, 0.6) is 0 Å². The molecule has 2 heterocycles. The number of nitrogens with zero attached hydrogens (tertiary/aromatic N) is 3. The monoisotopic (exact) mass is 487 g/mol. The van der Waals surface area contributed by atoms with E-state index in [0.29, 0.717) is 0 Å². The molecule has 0 bridgehead atoms. The van der Waals surface area contributed by atoms with Crippen LogP contribution in [0.25, 0.3) is 44.4 Å². The van der Waals surface area contributed by atoms with E-state index in [-0.39, 0.29) is 0 Å². The number of aromatic nitrogens is 3. The summed E-state index contributed by atoms with van der Waals surface area (Å²) in [6.45, 7) is 1.99.